The van der Waals surface area contributed by atoms with Crippen molar-refractivity contribution >= 4 is 27.6 Å². The second-order valence-corrected chi connectivity index (χ2v) is 6.22. The Bertz CT molecular complexity index is 1090. The third-order valence-corrected chi connectivity index (χ3v) is 4.51. The first kappa shape index (κ1) is 16.3. The van der Waals surface area contributed by atoms with Crippen LogP contribution in [0.4, 0.5) is 0 Å². The number of carbonyl (C=O) groups is 1. The van der Waals surface area contributed by atoms with Gasteiger partial charge in [-0.3, -0.25) is 4.98 Å². The smallest absolute Gasteiger partial charge is 0.338 e. The predicted molar refractivity (Wildman–Crippen MR) is 104 cm³/mol. The van der Waals surface area contributed by atoms with Crippen molar-refractivity contribution in [1.82, 2.24) is 4.98 Å². The van der Waals surface area contributed by atoms with Crippen molar-refractivity contribution in [1.29, 1.82) is 0 Å². The fourth-order valence-corrected chi connectivity index (χ4v) is 3.29. The molecule has 26 heavy (non-hydrogen) atoms. The van der Waals surface area contributed by atoms with Crippen LogP contribution in [0, 0.1) is 0 Å². The molecule has 0 saturated carbocycles. The fraction of sp³-hybridized carbons (Fsp3) is 0.130. The second kappa shape index (κ2) is 6.96. The van der Waals surface area contributed by atoms with Gasteiger partial charge in [0.05, 0.1) is 23.4 Å². The molecule has 1 heterocycles. The molecule has 0 bridgehead atoms. The quantitative estimate of drug-likeness (QED) is 0.380. The number of para-hydroxylation sites is 1. The van der Waals surface area contributed by atoms with Crippen LogP contribution >= 0.6 is 0 Å². The summed E-state index contributed by atoms with van der Waals surface area (Å²) in [6, 6.07) is 24.1. The van der Waals surface area contributed by atoms with Crippen molar-refractivity contribution < 1.29 is 9.53 Å². The van der Waals surface area contributed by atoms with Gasteiger partial charge in [-0.1, -0.05) is 54.6 Å². The Morgan fingerprint density at radius 3 is 2.46 bits per heavy atom. The molecule has 0 saturated heterocycles. The van der Waals surface area contributed by atoms with Gasteiger partial charge in [0, 0.05) is 17.2 Å². The summed E-state index contributed by atoms with van der Waals surface area (Å²) in [6.07, 6.45) is 0.717. The van der Waals surface area contributed by atoms with Crippen LogP contribution in [0.2, 0.25) is 0 Å². The molecule has 3 nitrogen and oxygen atoms in total. The molecule has 0 fully saturated rings. The first-order chi connectivity index (χ1) is 12.8. The van der Waals surface area contributed by atoms with E-state index >= 15 is 0 Å². The number of carbonyl (C=O) groups excluding carboxylic acids is 1. The van der Waals surface area contributed by atoms with Crippen molar-refractivity contribution in [2.24, 2.45) is 0 Å². The summed E-state index contributed by atoms with van der Waals surface area (Å²) < 4.78 is 5.16. The van der Waals surface area contributed by atoms with E-state index in [1.165, 1.54) is 5.56 Å². The van der Waals surface area contributed by atoms with Gasteiger partial charge in [-0.25, -0.2) is 4.79 Å². The standard InChI is InChI=1S/C23H19NO2/c1-2-26-23(25)17-12-13-18-19-10-6-7-11-21(19)24-22(20(18)15-17)14-16-8-4-3-5-9-16/h3-13,15H,2,14H2,1H3. The van der Waals surface area contributed by atoms with Crippen LogP contribution in [0.3, 0.4) is 0 Å². The van der Waals surface area contributed by atoms with E-state index in [1.807, 2.05) is 61.5 Å². The van der Waals surface area contributed by atoms with Crippen LogP contribution in [-0.2, 0) is 11.2 Å². The SMILES string of the molecule is CCOC(=O)c1ccc2c(c1)c(Cc1ccccc1)nc1ccccc12. The molecule has 3 aromatic carbocycles. The van der Waals surface area contributed by atoms with E-state index in [2.05, 4.69) is 18.2 Å². The molecule has 128 valence electrons. The van der Waals surface area contributed by atoms with E-state index in [4.69, 9.17) is 9.72 Å². The number of fused-ring (bicyclic) bond motifs is 3. The van der Waals surface area contributed by atoms with Gasteiger partial charge in [0.2, 0.25) is 0 Å². The van der Waals surface area contributed by atoms with Crippen molar-refractivity contribution in [2.45, 2.75) is 13.3 Å². The summed E-state index contributed by atoms with van der Waals surface area (Å²) >= 11 is 0. The van der Waals surface area contributed by atoms with Gasteiger partial charge in [0.1, 0.15) is 0 Å². The normalized spacial score (nSPS) is 11.0. The number of hydrogen-bond donors (Lipinski definition) is 0. The Morgan fingerprint density at radius 1 is 0.885 bits per heavy atom. The molecule has 4 rings (SSSR count). The van der Waals surface area contributed by atoms with Crippen LogP contribution in [0.15, 0.2) is 72.8 Å². The maximum absolute atomic E-state index is 12.2. The maximum atomic E-state index is 12.2. The van der Waals surface area contributed by atoms with Crippen LogP contribution in [0.1, 0.15) is 28.5 Å². The molecule has 0 aliphatic carbocycles. The lowest BCUT2D eigenvalue weighted by atomic mass is 9.98. The number of benzene rings is 3. The third-order valence-electron chi connectivity index (χ3n) is 4.51. The van der Waals surface area contributed by atoms with Crippen LogP contribution in [-0.4, -0.2) is 17.6 Å². The highest BCUT2D eigenvalue weighted by Crippen LogP contribution is 2.29. The molecule has 0 N–H and O–H groups in total. The highest BCUT2D eigenvalue weighted by molar-refractivity contribution is 6.08. The number of aromatic nitrogens is 1. The molecule has 1 aromatic heterocycles. The number of esters is 1. The van der Waals surface area contributed by atoms with E-state index in [1.54, 1.807) is 0 Å². The third kappa shape index (κ3) is 3.04. The lowest BCUT2D eigenvalue weighted by Gasteiger charge is -2.11. The van der Waals surface area contributed by atoms with Gasteiger partial charge in [-0.15, -0.1) is 0 Å². The summed E-state index contributed by atoms with van der Waals surface area (Å²) in [6.45, 7) is 2.18. The maximum Gasteiger partial charge on any atom is 0.338 e. The first-order valence-corrected chi connectivity index (χ1v) is 8.78. The van der Waals surface area contributed by atoms with Gasteiger partial charge >= 0.3 is 5.97 Å². The number of rotatable bonds is 4. The van der Waals surface area contributed by atoms with E-state index in [0.717, 1.165) is 27.4 Å². The zero-order chi connectivity index (χ0) is 17.9. The molecule has 3 heteroatoms. The van der Waals surface area contributed by atoms with Crippen molar-refractivity contribution in [3.63, 3.8) is 0 Å². The average molecular weight is 341 g/mol. The highest BCUT2D eigenvalue weighted by Gasteiger charge is 2.13. The minimum absolute atomic E-state index is 0.298. The molecule has 0 aliphatic rings. The predicted octanol–water partition coefficient (Wildman–Crippen LogP) is 5.16. The van der Waals surface area contributed by atoms with Crippen LogP contribution in [0.25, 0.3) is 21.7 Å². The first-order valence-electron chi connectivity index (χ1n) is 8.78. The molecule has 4 aromatic rings. The lowest BCUT2D eigenvalue weighted by molar-refractivity contribution is 0.0526. The molecular weight excluding hydrogens is 322 g/mol. The van der Waals surface area contributed by atoms with Gasteiger partial charge in [0.25, 0.3) is 0 Å². The number of hydrogen-bond acceptors (Lipinski definition) is 3. The van der Waals surface area contributed by atoms with Crippen molar-refractivity contribution in [3.05, 3.63) is 89.6 Å². The zero-order valence-corrected chi connectivity index (χ0v) is 14.6. The molecule has 0 unspecified atom stereocenters. The van der Waals surface area contributed by atoms with Crippen LogP contribution in [0.5, 0.6) is 0 Å². The van der Waals surface area contributed by atoms with E-state index in [9.17, 15) is 4.79 Å². The Labute approximate surface area is 152 Å². The average Bonchev–Trinajstić information content (AvgIpc) is 2.69. The minimum Gasteiger partial charge on any atom is -0.462 e. The molecule has 0 spiro atoms. The topological polar surface area (TPSA) is 39.2 Å². The highest BCUT2D eigenvalue weighted by atomic mass is 16.5. The number of ether oxygens (including phenoxy) is 1. The van der Waals surface area contributed by atoms with Crippen molar-refractivity contribution in [3.8, 4) is 0 Å². The molecule has 0 amide bonds. The Balaban J connectivity index is 1.93. The van der Waals surface area contributed by atoms with Gasteiger partial charge in [0.15, 0.2) is 0 Å². The minimum atomic E-state index is -0.298. The largest absolute Gasteiger partial charge is 0.462 e. The monoisotopic (exact) mass is 341 g/mol. The molecule has 0 atom stereocenters. The van der Waals surface area contributed by atoms with Crippen LogP contribution < -0.4 is 0 Å². The van der Waals surface area contributed by atoms with E-state index in [0.29, 0.717) is 18.6 Å². The second-order valence-electron chi connectivity index (χ2n) is 6.22. The molecule has 0 radical (unpaired) electrons. The summed E-state index contributed by atoms with van der Waals surface area (Å²) in [5, 5.41) is 3.20. The molecule has 0 aliphatic heterocycles. The van der Waals surface area contributed by atoms with E-state index < -0.39 is 0 Å². The summed E-state index contributed by atoms with van der Waals surface area (Å²) in [5.74, 6) is -0.298. The Hall–Kier alpha value is -3.20. The number of nitrogens with zero attached hydrogens (tertiary/aromatic N) is 1. The molecular formula is C23H19NO2. The Morgan fingerprint density at radius 2 is 1.65 bits per heavy atom. The zero-order valence-electron chi connectivity index (χ0n) is 14.6. The van der Waals surface area contributed by atoms with Crippen molar-refractivity contribution in [2.75, 3.05) is 6.61 Å². The van der Waals surface area contributed by atoms with Gasteiger partial charge < -0.3 is 4.74 Å². The summed E-state index contributed by atoms with van der Waals surface area (Å²) in [4.78, 5) is 17.1. The van der Waals surface area contributed by atoms with E-state index in [-0.39, 0.29) is 5.97 Å². The Kier molecular flexibility index (Phi) is 4.36. The fourth-order valence-electron chi connectivity index (χ4n) is 3.29. The number of pyridine rings is 1. The summed E-state index contributed by atoms with van der Waals surface area (Å²) in [5.41, 5.74) is 3.69. The van der Waals surface area contributed by atoms with Gasteiger partial charge in [-0.2, -0.15) is 0 Å². The van der Waals surface area contributed by atoms with Gasteiger partial charge in [-0.05, 0) is 36.1 Å². The summed E-state index contributed by atoms with van der Waals surface area (Å²) in [7, 11) is 0. The lowest BCUT2D eigenvalue weighted by Crippen LogP contribution is -2.05.